The molecular formula is C24H30N4O4. The largest absolute Gasteiger partial charge is 0.497 e. The van der Waals surface area contributed by atoms with Gasteiger partial charge in [0, 0.05) is 37.8 Å². The summed E-state index contributed by atoms with van der Waals surface area (Å²) < 4.78 is 5.36. The van der Waals surface area contributed by atoms with Gasteiger partial charge >= 0.3 is 0 Å². The fourth-order valence-electron chi connectivity index (χ4n) is 4.93. The molecule has 1 N–H and O–H groups in total. The maximum absolute atomic E-state index is 13.8. The maximum atomic E-state index is 13.8. The van der Waals surface area contributed by atoms with Crippen molar-refractivity contribution in [2.75, 3.05) is 14.2 Å². The van der Waals surface area contributed by atoms with Gasteiger partial charge in [-0.05, 0) is 37.5 Å². The molecule has 4 rings (SSSR count). The van der Waals surface area contributed by atoms with E-state index < -0.39 is 5.41 Å². The van der Waals surface area contributed by atoms with Crippen LogP contribution >= 0.6 is 0 Å². The molecule has 1 saturated heterocycles. The molecule has 1 aliphatic heterocycles. The molecule has 1 saturated carbocycles. The first-order chi connectivity index (χ1) is 15.3. The topological polar surface area (TPSA) is 95.6 Å². The van der Waals surface area contributed by atoms with Crippen LogP contribution < -0.4 is 4.74 Å². The molecule has 1 aromatic carbocycles. The quantitative estimate of drug-likeness (QED) is 0.671. The van der Waals surface area contributed by atoms with Gasteiger partial charge < -0.3 is 14.6 Å². The molecule has 0 bridgehead atoms. The van der Waals surface area contributed by atoms with Crippen LogP contribution in [0, 0.1) is 6.92 Å². The van der Waals surface area contributed by atoms with Crippen LogP contribution in [0.3, 0.4) is 0 Å². The molecule has 1 unspecified atom stereocenters. The van der Waals surface area contributed by atoms with E-state index in [2.05, 4.69) is 9.97 Å². The predicted molar refractivity (Wildman–Crippen MR) is 118 cm³/mol. The Hall–Kier alpha value is -3.16. The monoisotopic (exact) mass is 438 g/mol. The van der Waals surface area contributed by atoms with Crippen molar-refractivity contribution in [3.8, 4) is 5.75 Å². The first kappa shape index (κ1) is 22.0. The van der Waals surface area contributed by atoms with E-state index in [1.54, 1.807) is 43.5 Å². The fraction of sp³-hybridized carbons (Fsp3) is 0.500. The number of ether oxygens (including phenoxy) is 1. The van der Waals surface area contributed by atoms with E-state index >= 15 is 0 Å². The summed E-state index contributed by atoms with van der Waals surface area (Å²) in [7, 11) is 3.25. The third-order valence-corrected chi connectivity index (χ3v) is 6.68. The first-order valence-electron chi connectivity index (χ1n) is 11.1. The highest BCUT2D eigenvalue weighted by Crippen LogP contribution is 2.43. The van der Waals surface area contributed by atoms with Gasteiger partial charge in [0.2, 0.25) is 17.7 Å². The van der Waals surface area contributed by atoms with Crippen LogP contribution in [0.5, 0.6) is 5.75 Å². The first-order valence-corrected chi connectivity index (χ1v) is 11.1. The van der Waals surface area contributed by atoms with E-state index in [9.17, 15) is 14.4 Å². The van der Waals surface area contributed by atoms with Gasteiger partial charge in [-0.2, -0.15) is 0 Å². The lowest BCUT2D eigenvalue weighted by atomic mass is 9.75. The lowest BCUT2D eigenvalue weighted by Crippen LogP contribution is -2.45. The smallest absolute Gasteiger partial charge is 0.241 e. The zero-order valence-corrected chi connectivity index (χ0v) is 18.9. The number of imidazole rings is 1. The van der Waals surface area contributed by atoms with Crippen molar-refractivity contribution in [1.29, 1.82) is 0 Å². The Bertz CT molecular complexity index is 1030. The van der Waals surface area contributed by atoms with Crippen LogP contribution in [0.15, 0.2) is 30.5 Å². The number of methoxy groups -OCH3 is 1. The van der Waals surface area contributed by atoms with Crippen LogP contribution in [0.2, 0.25) is 0 Å². The molecule has 8 heteroatoms. The van der Waals surface area contributed by atoms with Crippen LogP contribution in [0.1, 0.15) is 55.6 Å². The number of hydrogen-bond donors (Lipinski definition) is 1. The number of rotatable bonds is 7. The van der Waals surface area contributed by atoms with Crippen LogP contribution in [0.4, 0.5) is 0 Å². The summed E-state index contributed by atoms with van der Waals surface area (Å²) in [5, 5.41) is 0. The summed E-state index contributed by atoms with van der Waals surface area (Å²) in [6, 6.07) is 7.11. The summed E-state index contributed by atoms with van der Waals surface area (Å²) in [6.07, 6.45) is 5.31. The zero-order valence-electron chi connectivity index (χ0n) is 18.9. The van der Waals surface area contributed by atoms with E-state index in [0.29, 0.717) is 23.7 Å². The Kier molecular flexibility index (Phi) is 6.04. The lowest BCUT2D eigenvalue weighted by molar-refractivity contribution is -0.144. The summed E-state index contributed by atoms with van der Waals surface area (Å²) in [5.41, 5.74) is 0.335. The molecule has 8 nitrogen and oxygen atoms in total. The highest BCUT2D eigenvalue weighted by molar-refractivity contribution is 6.11. The molecule has 2 fully saturated rings. The minimum atomic E-state index is -1.22. The molecule has 0 radical (unpaired) electrons. The van der Waals surface area contributed by atoms with Crippen molar-refractivity contribution in [2.24, 2.45) is 0 Å². The SMILES string of the molecule is COc1cccc(C2(CC(=O)N(C)Cc3ncc(C)[nH]3)CC(=O)N(C3CCCC3)C2=O)c1. The van der Waals surface area contributed by atoms with E-state index in [4.69, 9.17) is 4.74 Å². The molecule has 32 heavy (non-hydrogen) atoms. The Morgan fingerprint density at radius 2 is 2.06 bits per heavy atom. The predicted octanol–water partition coefficient (Wildman–Crippen LogP) is 2.71. The van der Waals surface area contributed by atoms with E-state index in [1.807, 2.05) is 13.0 Å². The van der Waals surface area contributed by atoms with E-state index in [0.717, 1.165) is 31.4 Å². The third-order valence-electron chi connectivity index (χ3n) is 6.68. The summed E-state index contributed by atoms with van der Waals surface area (Å²) >= 11 is 0. The Morgan fingerprint density at radius 1 is 1.31 bits per heavy atom. The average Bonchev–Trinajstić information content (AvgIpc) is 3.49. The Morgan fingerprint density at radius 3 is 2.72 bits per heavy atom. The van der Waals surface area contributed by atoms with Crippen LogP contribution in [-0.4, -0.2) is 57.7 Å². The molecule has 1 aromatic heterocycles. The number of amides is 3. The summed E-state index contributed by atoms with van der Waals surface area (Å²) in [6.45, 7) is 2.20. The van der Waals surface area contributed by atoms with Gasteiger partial charge in [0.25, 0.3) is 0 Å². The van der Waals surface area contributed by atoms with Gasteiger partial charge in [0.1, 0.15) is 11.6 Å². The highest BCUT2D eigenvalue weighted by Gasteiger charge is 2.55. The second-order valence-corrected chi connectivity index (χ2v) is 8.94. The molecule has 170 valence electrons. The number of likely N-dealkylation sites (tertiary alicyclic amines) is 1. The summed E-state index contributed by atoms with van der Waals surface area (Å²) in [5.74, 6) is 0.597. The highest BCUT2D eigenvalue weighted by atomic mass is 16.5. The molecule has 1 aliphatic carbocycles. The number of aromatic amines is 1. The zero-order chi connectivity index (χ0) is 22.9. The number of hydrogen-bond acceptors (Lipinski definition) is 5. The van der Waals surface area contributed by atoms with Gasteiger partial charge in [0.15, 0.2) is 0 Å². The molecule has 2 aromatic rings. The van der Waals surface area contributed by atoms with Crippen LogP contribution in [0.25, 0.3) is 0 Å². The number of aryl methyl sites for hydroxylation is 1. The third kappa shape index (κ3) is 4.01. The minimum absolute atomic E-state index is 0.00502. The number of nitrogens with zero attached hydrogens (tertiary/aromatic N) is 3. The molecular weight excluding hydrogens is 408 g/mol. The molecule has 1 atom stereocenters. The number of carbonyl (C=O) groups excluding carboxylic acids is 3. The number of aromatic nitrogens is 2. The van der Waals surface area contributed by atoms with Crippen molar-refractivity contribution in [1.82, 2.24) is 19.8 Å². The average molecular weight is 439 g/mol. The number of carbonyl (C=O) groups is 3. The number of H-pyrrole nitrogens is 1. The standard InChI is InChI=1S/C24H30N4O4/c1-16-14-25-20(26-16)15-27(2)21(29)12-24(17-7-6-10-19(11-17)32-3)13-22(30)28(23(24)31)18-8-4-5-9-18/h6-7,10-11,14,18H,4-5,8-9,12-13,15H2,1-3H3,(H,25,26). The second kappa shape index (κ2) is 8.76. The molecule has 0 spiro atoms. The van der Waals surface area contributed by atoms with Gasteiger partial charge in [-0.25, -0.2) is 4.98 Å². The fourth-order valence-corrected chi connectivity index (χ4v) is 4.93. The van der Waals surface area contributed by atoms with Crippen molar-refractivity contribution in [3.63, 3.8) is 0 Å². The van der Waals surface area contributed by atoms with Crippen molar-refractivity contribution >= 4 is 17.7 Å². The van der Waals surface area contributed by atoms with Gasteiger partial charge in [-0.15, -0.1) is 0 Å². The normalized spacial score (nSPS) is 21.4. The molecule has 2 heterocycles. The van der Waals surface area contributed by atoms with E-state index in [1.165, 1.54) is 4.90 Å². The van der Waals surface area contributed by atoms with Crippen molar-refractivity contribution < 1.29 is 19.1 Å². The van der Waals surface area contributed by atoms with Crippen LogP contribution in [-0.2, 0) is 26.3 Å². The van der Waals surface area contributed by atoms with Gasteiger partial charge in [-0.3, -0.25) is 19.3 Å². The summed E-state index contributed by atoms with van der Waals surface area (Å²) in [4.78, 5) is 50.6. The number of benzene rings is 1. The Labute approximate surface area is 187 Å². The number of imide groups is 1. The number of nitrogens with one attached hydrogen (secondary N) is 1. The second-order valence-electron chi connectivity index (χ2n) is 8.94. The van der Waals surface area contributed by atoms with Crippen molar-refractivity contribution in [3.05, 3.63) is 47.5 Å². The van der Waals surface area contributed by atoms with Gasteiger partial charge in [0.05, 0.1) is 19.1 Å². The van der Waals surface area contributed by atoms with E-state index in [-0.39, 0.29) is 36.6 Å². The molecule has 2 aliphatic rings. The minimum Gasteiger partial charge on any atom is -0.497 e. The molecule has 3 amide bonds. The van der Waals surface area contributed by atoms with Crippen molar-refractivity contribution in [2.45, 2.75) is 63.5 Å². The maximum Gasteiger partial charge on any atom is 0.241 e. The van der Waals surface area contributed by atoms with Gasteiger partial charge in [-0.1, -0.05) is 25.0 Å². The Balaban J connectivity index is 1.65. The lowest BCUT2D eigenvalue weighted by Gasteiger charge is -2.30.